The highest BCUT2D eigenvalue weighted by Gasteiger charge is 2.11. The zero-order valence-corrected chi connectivity index (χ0v) is 10.3. The van der Waals surface area contributed by atoms with E-state index in [4.69, 9.17) is 10.8 Å². The number of aliphatic carboxylic acids is 1. The molecule has 15 heavy (non-hydrogen) atoms. The van der Waals surface area contributed by atoms with E-state index in [1.165, 1.54) is 14.1 Å². The molecule has 1 unspecified atom stereocenters. The molecule has 7 heteroatoms. The average Bonchev–Trinajstić information content (AvgIpc) is 2.03. The third-order valence-electron chi connectivity index (χ3n) is 1.34. The Balaban J connectivity index is 0. The summed E-state index contributed by atoms with van der Waals surface area (Å²) in [5.41, 5.74) is 5.22. The first kappa shape index (κ1) is 16.9. The summed E-state index contributed by atoms with van der Waals surface area (Å²) in [5.74, 6) is -0.556. The Morgan fingerprint density at radius 3 is 1.93 bits per heavy atom. The number of nitrogens with two attached hydrogens (primary N) is 1. The van der Waals surface area contributed by atoms with Gasteiger partial charge in [-0.1, -0.05) is 13.8 Å². The molecule has 0 aliphatic carbocycles. The van der Waals surface area contributed by atoms with Gasteiger partial charge in [-0.3, -0.25) is 9.00 Å². The first-order valence-corrected chi connectivity index (χ1v) is 5.46. The Kier molecular flexibility index (Phi) is 9.90. The molecule has 0 saturated carbocycles. The molecule has 0 radical (unpaired) electrons. The van der Waals surface area contributed by atoms with Crippen molar-refractivity contribution in [2.45, 2.75) is 26.3 Å². The second-order valence-electron chi connectivity index (χ2n) is 3.60. The van der Waals surface area contributed by atoms with Gasteiger partial charge < -0.3 is 15.4 Å². The number of hydrogen-bond donors (Lipinski definition) is 2. The van der Waals surface area contributed by atoms with Crippen molar-refractivity contribution in [2.75, 3.05) is 14.1 Å². The van der Waals surface area contributed by atoms with Crippen LogP contribution in [0.5, 0.6) is 0 Å². The van der Waals surface area contributed by atoms with Crippen molar-refractivity contribution in [3.8, 4) is 0 Å². The smallest absolute Gasteiger partial charge is 0.320 e. The van der Waals surface area contributed by atoms with Crippen LogP contribution in [-0.2, 0) is 16.1 Å². The lowest BCUT2D eigenvalue weighted by atomic mass is 10.1. The molecule has 6 nitrogen and oxygen atoms in total. The highest BCUT2D eigenvalue weighted by atomic mass is 32.2. The van der Waals surface area contributed by atoms with Gasteiger partial charge >= 0.3 is 5.97 Å². The molecule has 0 bridgehead atoms. The third kappa shape index (κ3) is 13.5. The SMILES string of the molecule is CC(C)C[C@@H](N)C(=O)O.CN(C)S(=O)[O-]. The van der Waals surface area contributed by atoms with Crippen molar-refractivity contribution in [3.05, 3.63) is 0 Å². The van der Waals surface area contributed by atoms with Gasteiger partial charge in [0.1, 0.15) is 6.04 Å². The molecule has 3 N–H and O–H groups in total. The van der Waals surface area contributed by atoms with Crippen LogP contribution in [0.2, 0.25) is 0 Å². The molecule has 0 rings (SSSR count). The second kappa shape index (κ2) is 8.78. The van der Waals surface area contributed by atoms with Crippen molar-refractivity contribution >= 4 is 17.2 Å². The minimum atomic E-state index is -2.03. The van der Waals surface area contributed by atoms with Gasteiger partial charge in [0.15, 0.2) is 0 Å². The zero-order chi connectivity index (χ0) is 12.6. The number of rotatable bonds is 4. The Labute approximate surface area is 92.9 Å². The van der Waals surface area contributed by atoms with Crippen LogP contribution in [0.1, 0.15) is 20.3 Å². The third-order valence-corrected chi connectivity index (χ3v) is 1.94. The van der Waals surface area contributed by atoms with Gasteiger partial charge in [-0.25, -0.2) is 4.31 Å². The van der Waals surface area contributed by atoms with Crippen LogP contribution in [0.3, 0.4) is 0 Å². The molecule has 0 saturated heterocycles. The van der Waals surface area contributed by atoms with Gasteiger partial charge in [0.05, 0.1) is 0 Å². The molecule has 0 aromatic heterocycles. The normalized spacial score (nSPS) is 14.4. The average molecular weight is 239 g/mol. The van der Waals surface area contributed by atoms with Crippen LogP contribution in [0.15, 0.2) is 0 Å². The molecule has 0 fully saturated rings. The van der Waals surface area contributed by atoms with Gasteiger partial charge in [-0.15, -0.1) is 0 Å². The Bertz CT molecular complexity index is 209. The lowest BCUT2D eigenvalue weighted by Gasteiger charge is -2.10. The predicted octanol–water partition coefficient (Wildman–Crippen LogP) is -0.213. The van der Waals surface area contributed by atoms with E-state index in [0.717, 1.165) is 4.31 Å². The van der Waals surface area contributed by atoms with Crippen molar-refractivity contribution in [1.29, 1.82) is 0 Å². The number of carboxylic acids is 1. The van der Waals surface area contributed by atoms with Crippen LogP contribution in [-0.4, -0.2) is 44.3 Å². The van der Waals surface area contributed by atoms with Crippen LogP contribution in [0, 0.1) is 5.92 Å². The number of carbonyl (C=O) groups is 1. The number of nitrogens with zero attached hydrogens (tertiary/aromatic N) is 1. The standard InChI is InChI=1S/C6H13NO2.C2H7NO2S/c1-4(2)3-5(7)6(8)9;1-3(2)6(4)5/h4-5H,3,7H2,1-2H3,(H,8,9);1-2H3,(H,4,5)/p-1/t5-;/m1./s1. The summed E-state index contributed by atoms with van der Waals surface area (Å²) in [7, 11) is 2.92. The fraction of sp³-hybridized carbons (Fsp3) is 0.875. The summed E-state index contributed by atoms with van der Waals surface area (Å²) < 4.78 is 20.3. The molecular formula is C8H19N2O4S-. The van der Waals surface area contributed by atoms with E-state index >= 15 is 0 Å². The Morgan fingerprint density at radius 1 is 1.53 bits per heavy atom. The molecule has 2 atom stereocenters. The topological polar surface area (TPSA) is 107 Å². The maximum atomic E-state index is 10.1. The molecule has 0 spiro atoms. The van der Waals surface area contributed by atoms with Gasteiger partial charge in [-0.05, 0) is 26.4 Å². The van der Waals surface area contributed by atoms with E-state index < -0.39 is 23.3 Å². The molecule has 0 heterocycles. The minimum Gasteiger partial charge on any atom is -0.760 e. The van der Waals surface area contributed by atoms with E-state index in [0.29, 0.717) is 12.3 Å². The first-order chi connectivity index (χ1) is 6.68. The van der Waals surface area contributed by atoms with E-state index in [1.807, 2.05) is 13.8 Å². The van der Waals surface area contributed by atoms with Crippen molar-refractivity contribution in [3.63, 3.8) is 0 Å². The van der Waals surface area contributed by atoms with E-state index in [9.17, 15) is 13.6 Å². The summed E-state index contributed by atoms with van der Waals surface area (Å²) in [5, 5.41) is 8.31. The summed E-state index contributed by atoms with van der Waals surface area (Å²) in [4.78, 5) is 10.1. The maximum Gasteiger partial charge on any atom is 0.320 e. The van der Waals surface area contributed by atoms with Gasteiger partial charge in [0.2, 0.25) is 0 Å². The summed E-state index contributed by atoms with van der Waals surface area (Å²) in [6.07, 6.45) is 0.551. The summed E-state index contributed by atoms with van der Waals surface area (Å²) >= 11 is -2.03. The first-order valence-electron chi connectivity index (χ1n) is 4.43. The molecule has 0 aliphatic rings. The monoisotopic (exact) mass is 239 g/mol. The molecule has 0 amide bonds. The van der Waals surface area contributed by atoms with Crippen LogP contribution in [0.25, 0.3) is 0 Å². The largest absolute Gasteiger partial charge is 0.760 e. The summed E-state index contributed by atoms with van der Waals surface area (Å²) in [6, 6.07) is -0.690. The van der Waals surface area contributed by atoms with Crippen molar-refractivity contribution < 1.29 is 18.7 Å². The lowest BCUT2D eigenvalue weighted by Crippen LogP contribution is -2.31. The Morgan fingerprint density at radius 2 is 1.87 bits per heavy atom. The molecule has 0 aromatic rings. The highest BCUT2D eigenvalue weighted by molar-refractivity contribution is 7.76. The lowest BCUT2D eigenvalue weighted by molar-refractivity contribution is -0.138. The van der Waals surface area contributed by atoms with Crippen molar-refractivity contribution in [2.24, 2.45) is 11.7 Å². The van der Waals surface area contributed by atoms with Crippen LogP contribution in [0.4, 0.5) is 0 Å². The fourth-order valence-corrected chi connectivity index (χ4v) is 0.609. The van der Waals surface area contributed by atoms with Gasteiger partial charge in [-0.2, -0.15) is 0 Å². The van der Waals surface area contributed by atoms with Gasteiger partial charge in [0, 0.05) is 11.3 Å². The van der Waals surface area contributed by atoms with E-state index in [-0.39, 0.29) is 0 Å². The maximum absolute atomic E-state index is 10.1. The quantitative estimate of drug-likeness (QED) is 0.660. The van der Waals surface area contributed by atoms with E-state index in [1.54, 1.807) is 0 Å². The number of carboxylic acid groups (broad SMARTS) is 1. The fourth-order valence-electron chi connectivity index (χ4n) is 0.609. The highest BCUT2D eigenvalue weighted by Crippen LogP contribution is 2.01. The molecule has 92 valence electrons. The van der Waals surface area contributed by atoms with Gasteiger partial charge in [0.25, 0.3) is 0 Å². The minimum absolute atomic E-state index is 0.357. The second-order valence-corrected chi connectivity index (χ2v) is 4.77. The van der Waals surface area contributed by atoms with Crippen LogP contribution < -0.4 is 5.73 Å². The van der Waals surface area contributed by atoms with Crippen LogP contribution >= 0.6 is 0 Å². The summed E-state index contributed by atoms with van der Waals surface area (Å²) in [6.45, 7) is 3.89. The molecule has 0 aromatic carbocycles. The number of hydrogen-bond acceptors (Lipinski definition) is 4. The van der Waals surface area contributed by atoms with E-state index in [2.05, 4.69) is 0 Å². The molecule has 0 aliphatic heterocycles. The zero-order valence-electron chi connectivity index (χ0n) is 9.47. The Hall–Kier alpha value is -0.500. The predicted molar refractivity (Wildman–Crippen MR) is 57.7 cm³/mol. The van der Waals surface area contributed by atoms with Crippen molar-refractivity contribution in [1.82, 2.24) is 4.31 Å². The molecular weight excluding hydrogens is 220 g/mol.